The number of carboxylic acids is 1. The summed E-state index contributed by atoms with van der Waals surface area (Å²) >= 11 is 0. The molecule has 4 heteroatoms. The van der Waals surface area contributed by atoms with Crippen LogP contribution in [0.1, 0.15) is 40.0 Å². The molecule has 0 aromatic carbocycles. The van der Waals surface area contributed by atoms with Crippen molar-refractivity contribution in [3.63, 3.8) is 0 Å². The van der Waals surface area contributed by atoms with E-state index in [1.54, 1.807) is 13.8 Å². The molecule has 0 bridgehead atoms. The van der Waals surface area contributed by atoms with Crippen molar-refractivity contribution in [2.24, 2.45) is 5.41 Å². The number of hydrogen-bond acceptors (Lipinski definition) is 3. The van der Waals surface area contributed by atoms with Gasteiger partial charge in [-0.05, 0) is 33.6 Å². The summed E-state index contributed by atoms with van der Waals surface area (Å²) in [7, 11) is 0. The number of rotatable bonds is 10. The lowest BCUT2D eigenvalue weighted by atomic mass is 9.87. The monoisotopic (exact) mass is 232 g/mol. The van der Waals surface area contributed by atoms with Gasteiger partial charge in [-0.1, -0.05) is 6.42 Å². The highest BCUT2D eigenvalue weighted by Crippen LogP contribution is 2.23. The molecule has 0 saturated heterocycles. The first-order valence-corrected chi connectivity index (χ1v) is 5.89. The fraction of sp³-hybridized carbons (Fsp3) is 0.917. The number of aliphatic carboxylic acids is 1. The fourth-order valence-electron chi connectivity index (χ4n) is 1.24. The molecule has 0 aliphatic heterocycles. The van der Waals surface area contributed by atoms with Gasteiger partial charge in [0.25, 0.3) is 0 Å². The highest BCUT2D eigenvalue weighted by atomic mass is 16.5. The standard InChI is InChI=1S/C12H24O4/c1-4-15-9-10-16-8-6-5-7-12(2,3)11(13)14/h4-10H2,1-3H3,(H,13,14). The Balaban J connectivity index is 3.30. The summed E-state index contributed by atoms with van der Waals surface area (Å²) in [6.45, 7) is 8.12. The van der Waals surface area contributed by atoms with Crippen molar-refractivity contribution < 1.29 is 19.4 Å². The maximum absolute atomic E-state index is 10.8. The van der Waals surface area contributed by atoms with E-state index in [1.807, 2.05) is 6.92 Å². The first kappa shape index (κ1) is 15.4. The fourth-order valence-corrected chi connectivity index (χ4v) is 1.24. The van der Waals surface area contributed by atoms with Crippen LogP contribution in [0.4, 0.5) is 0 Å². The highest BCUT2D eigenvalue weighted by molar-refractivity contribution is 5.73. The van der Waals surface area contributed by atoms with Gasteiger partial charge in [0, 0.05) is 13.2 Å². The van der Waals surface area contributed by atoms with Crippen LogP contribution in [0.15, 0.2) is 0 Å². The zero-order valence-electron chi connectivity index (χ0n) is 10.6. The quantitative estimate of drug-likeness (QED) is 0.587. The molecule has 0 aromatic rings. The zero-order chi connectivity index (χ0) is 12.4. The van der Waals surface area contributed by atoms with Gasteiger partial charge in [-0.3, -0.25) is 4.79 Å². The van der Waals surface area contributed by atoms with Gasteiger partial charge < -0.3 is 14.6 Å². The van der Waals surface area contributed by atoms with Crippen molar-refractivity contribution in [3.05, 3.63) is 0 Å². The molecule has 0 aromatic heterocycles. The van der Waals surface area contributed by atoms with E-state index < -0.39 is 11.4 Å². The van der Waals surface area contributed by atoms with Crippen molar-refractivity contribution in [2.45, 2.75) is 40.0 Å². The van der Waals surface area contributed by atoms with Crippen LogP contribution in [0.3, 0.4) is 0 Å². The number of unbranched alkanes of at least 4 members (excludes halogenated alkanes) is 1. The summed E-state index contributed by atoms with van der Waals surface area (Å²) in [6.07, 6.45) is 2.48. The van der Waals surface area contributed by atoms with E-state index in [9.17, 15) is 4.79 Å². The summed E-state index contributed by atoms with van der Waals surface area (Å²) in [5, 5.41) is 8.89. The van der Waals surface area contributed by atoms with E-state index >= 15 is 0 Å². The minimum absolute atomic E-state index is 0.620. The van der Waals surface area contributed by atoms with Crippen molar-refractivity contribution in [1.82, 2.24) is 0 Å². The lowest BCUT2D eigenvalue weighted by molar-refractivity contribution is -0.147. The molecule has 0 saturated carbocycles. The van der Waals surface area contributed by atoms with Crippen LogP contribution in [0, 0.1) is 5.41 Å². The van der Waals surface area contributed by atoms with E-state index in [4.69, 9.17) is 14.6 Å². The summed E-state index contributed by atoms with van der Waals surface area (Å²) in [5.74, 6) is -0.732. The summed E-state index contributed by atoms with van der Waals surface area (Å²) in [6, 6.07) is 0. The second kappa shape index (κ2) is 8.53. The van der Waals surface area contributed by atoms with E-state index in [0.29, 0.717) is 26.2 Å². The van der Waals surface area contributed by atoms with Gasteiger partial charge in [0.2, 0.25) is 0 Å². The normalized spacial score (nSPS) is 11.7. The van der Waals surface area contributed by atoms with Crippen LogP contribution in [0.2, 0.25) is 0 Å². The van der Waals surface area contributed by atoms with Crippen LogP contribution in [0.25, 0.3) is 0 Å². The van der Waals surface area contributed by atoms with Gasteiger partial charge in [-0.2, -0.15) is 0 Å². The third-order valence-electron chi connectivity index (χ3n) is 2.50. The second-order valence-electron chi connectivity index (χ2n) is 4.46. The first-order chi connectivity index (χ1) is 7.50. The molecule has 1 N–H and O–H groups in total. The zero-order valence-corrected chi connectivity index (χ0v) is 10.6. The smallest absolute Gasteiger partial charge is 0.309 e. The molecule has 0 heterocycles. The minimum Gasteiger partial charge on any atom is -0.481 e. The Morgan fingerprint density at radius 1 is 1.12 bits per heavy atom. The molecule has 0 fully saturated rings. The van der Waals surface area contributed by atoms with Gasteiger partial charge in [0.1, 0.15) is 0 Å². The molecule has 96 valence electrons. The molecule has 0 aliphatic rings. The summed E-state index contributed by atoms with van der Waals surface area (Å²) in [5.41, 5.74) is -0.620. The molecule has 0 radical (unpaired) electrons. The second-order valence-corrected chi connectivity index (χ2v) is 4.46. The Hall–Kier alpha value is -0.610. The number of ether oxygens (including phenoxy) is 2. The number of carboxylic acid groups (broad SMARTS) is 1. The Morgan fingerprint density at radius 2 is 1.75 bits per heavy atom. The predicted molar refractivity (Wildman–Crippen MR) is 62.6 cm³/mol. The topological polar surface area (TPSA) is 55.8 Å². The lowest BCUT2D eigenvalue weighted by Crippen LogP contribution is -2.23. The van der Waals surface area contributed by atoms with E-state index in [0.717, 1.165) is 19.4 Å². The first-order valence-electron chi connectivity index (χ1n) is 5.89. The minimum atomic E-state index is -0.732. The number of carbonyl (C=O) groups is 1. The predicted octanol–water partition coefficient (Wildman–Crippen LogP) is 2.32. The van der Waals surface area contributed by atoms with Crippen LogP contribution in [-0.2, 0) is 14.3 Å². The average Bonchev–Trinajstić information content (AvgIpc) is 2.21. The molecule has 0 aliphatic carbocycles. The SMILES string of the molecule is CCOCCOCCCCC(C)(C)C(=O)O. The molecule has 0 unspecified atom stereocenters. The van der Waals surface area contributed by atoms with Gasteiger partial charge in [0.15, 0.2) is 0 Å². The van der Waals surface area contributed by atoms with E-state index in [1.165, 1.54) is 0 Å². The third kappa shape index (κ3) is 7.65. The Bertz CT molecular complexity index is 189. The third-order valence-corrected chi connectivity index (χ3v) is 2.50. The van der Waals surface area contributed by atoms with Crippen LogP contribution in [-0.4, -0.2) is 37.5 Å². The van der Waals surface area contributed by atoms with Crippen LogP contribution < -0.4 is 0 Å². The van der Waals surface area contributed by atoms with Crippen LogP contribution in [0.5, 0.6) is 0 Å². The summed E-state index contributed by atoms with van der Waals surface area (Å²) in [4.78, 5) is 10.8. The van der Waals surface area contributed by atoms with Crippen molar-refractivity contribution >= 4 is 5.97 Å². The largest absolute Gasteiger partial charge is 0.481 e. The molecular formula is C12H24O4. The number of hydrogen-bond donors (Lipinski definition) is 1. The molecule has 0 atom stereocenters. The average molecular weight is 232 g/mol. The molecule has 0 rings (SSSR count). The van der Waals surface area contributed by atoms with Crippen LogP contribution >= 0.6 is 0 Å². The maximum Gasteiger partial charge on any atom is 0.309 e. The van der Waals surface area contributed by atoms with Gasteiger partial charge in [0.05, 0.1) is 18.6 Å². The van der Waals surface area contributed by atoms with Crippen molar-refractivity contribution in [3.8, 4) is 0 Å². The van der Waals surface area contributed by atoms with Crippen molar-refractivity contribution in [1.29, 1.82) is 0 Å². The molecule has 0 amide bonds. The Kier molecular flexibility index (Phi) is 8.21. The molecule has 16 heavy (non-hydrogen) atoms. The molecule has 4 nitrogen and oxygen atoms in total. The molecule has 0 spiro atoms. The molecular weight excluding hydrogens is 208 g/mol. The van der Waals surface area contributed by atoms with Gasteiger partial charge in [-0.25, -0.2) is 0 Å². The Labute approximate surface area is 97.9 Å². The van der Waals surface area contributed by atoms with E-state index in [2.05, 4.69) is 0 Å². The van der Waals surface area contributed by atoms with Gasteiger partial charge >= 0.3 is 5.97 Å². The van der Waals surface area contributed by atoms with Gasteiger partial charge in [-0.15, -0.1) is 0 Å². The summed E-state index contributed by atoms with van der Waals surface area (Å²) < 4.78 is 10.5. The Morgan fingerprint density at radius 3 is 2.31 bits per heavy atom. The highest BCUT2D eigenvalue weighted by Gasteiger charge is 2.25. The lowest BCUT2D eigenvalue weighted by Gasteiger charge is -2.18. The van der Waals surface area contributed by atoms with Crippen molar-refractivity contribution in [2.75, 3.05) is 26.4 Å². The van der Waals surface area contributed by atoms with E-state index in [-0.39, 0.29) is 0 Å². The maximum atomic E-state index is 10.8.